The number of methoxy groups -OCH3 is 1. The predicted molar refractivity (Wildman–Crippen MR) is 74.7 cm³/mol. The van der Waals surface area contributed by atoms with Gasteiger partial charge in [0.25, 0.3) is 9.04 Å². The Hall–Kier alpha value is -1.06. The monoisotopic (exact) mass is 249 g/mol. The van der Waals surface area contributed by atoms with E-state index in [-0.39, 0.29) is 0 Å². The Morgan fingerprint density at radius 1 is 1.29 bits per heavy atom. The van der Waals surface area contributed by atoms with Gasteiger partial charge in [0.2, 0.25) is 0 Å². The van der Waals surface area contributed by atoms with Gasteiger partial charge in [0.15, 0.2) is 0 Å². The van der Waals surface area contributed by atoms with Gasteiger partial charge in [-0.2, -0.15) is 0 Å². The number of hydrogen-bond acceptors (Lipinski definition) is 2. The van der Waals surface area contributed by atoms with Gasteiger partial charge in [-0.25, -0.2) is 0 Å². The molecule has 0 N–H and O–H groups in total. The van der Waals surface area contributed by atoms with E-state index in [4.69, 9.17) is 9.16 Å². The zero-order valence-electron chi connectivity index (χ0n) is 10.7. The largest absolute Gasteiger partial charge is 0.542 e. The van der Waals surface area contributed by atoms with Crippen LogP contribution in [0.5, 0.6) is 5.75 Å². The van der Waals surface area contributed by atoms with Crippen LogP contribution in [0.15, 0.2) is 30.8 Å². The topological polar surface area (TPSA) is 18.5 Å². The second-order valence-corrected chi connectivity index (χ2v) is 6.16. The zero-order valence-corrected chi connectivity index (χ0v) is 11.7. The third kappa shape index (κ3) is 4.75. The van der Waals surface area contributed by atoms with E-state index in [1.54, 1.807) is 7.11 Å². The molecule has 0 saturated carbocycles. The van der Waals surface area contributed by atoms with Crippen molar-refractivity contribution in [2.75, 3.05) is 13.7 Å². The summed E-state index contributed by atoms with van der Waals surface area (Å²) in [7, 11) is 0.924. The molecular weight excluding hydrogens is 228 g/mol. The van der Waals surface area contributed by atoms with Crippen LogP contribution in [0.3, 0.4) is 0 Å². The summed E-state index contributed by atoms with van der Waals surface area (Å²) in [5.74, 6) is 0.959. The molecule has 1 rings (SSSR count). The average Bonchev–Trinajstić information content (AvgIpc) is 2.37. The number of para-hydroxylation sites is 1. The highest BCUT2D eigenvalue weighted by Gasteiger charge is 2.15. The molecule has 0 aliphatic carbocycles. The first-order valence-electron chi connectivity index (χ1n) is 6.04. The average molecular weight is 249 g/mol. The van der Waals surface area contributed by atoms with Crippen molar-refractivity contribution in [3.05, 3.63) is 36.4 Å². The number of benzene rings is 1. The molecule has 0 amide bonds. The molecule has 0 heterocycles. The van der Waals surface area contributed by atoms with Crippen molar-refractivity contribution >= 4 is 15.1 Å². The predicted octanol–water partition coefficient (Wildman–Crippen LogP) is 3.76. The molecule has 93 valence electrons. The van der Waals surface area contributed by atoms with E-state index in [1.165, 1.54) is 0 Å². The molecule has 0 saturated heterocycles. The Morgan fingerprint density at radius 3 is 2.71 bits per heavy atom. The van der Waals surface area contributed by atoms with Crippen molar-refractivity contribution in [3.8, 4) is 5.75 Å². The molecule has 17 heavy (non-hydrogen) atoms. The van der Waals surface area contributed by atoms with Crippen LogP contribution in [0.2, 0.25) is 12.1 Å². The zero-order chi connectivity index (χ0) is 12.5. The van der Waals surface area contributed by atoms with Crippen molar-refractivity contribution in [2.24, 2.45) is 0 Å². The van der Waals surface area contributed by atoms with Gasteiger partial charge in [-0.3, -0.25) is 0 Å². The van der Waals surface area contributed by atoms with Crippen molar-refractivity contribution < 1.29 is 9.16 Å². The minimum absolute atomic E-state index is 0.782. The van der Waals surface area contributed by atoms with E-state index in [0.717, 1.165) is 36.4 Å². The van der Waals surface area contributed by atoms with Crippen LogP contribution in [0.1, 0.15) is 18.9 Å². The molecule has 0 spiro atoms. The number of rotatable bonds is 8. The second kappa shape index (κ2) is 8.09. The van der Waals surface area contributed by atoms with Crippen LogP contribution < -0.4 is 4.43 Å². The standard InChI is InChI=1S/C14H21O2Si/c1-4-11-17(12-10-15-3)16-14-9-7-6-8-13(14)5-2/h5-9H,2,4,10-12H2,1,3H3. The first-order chi connectivity index (χ1) is 8.31. The van der Waals surface area contributed by atoms with Crippen molar-refractivity contribution in [2.45, 2.75) is 25.4 Å². The van der Waals surface area contributed by atoms with Gasteiger partial charge in [-0.1, -0.05) is 44.2 Å². The summed E-state index contributed by atoms with van der Waals surface area (Å²) in [4.78, 5) is 0. The summed E-state index contributed by atoms with van der Waals surface area (Å²) in [6.45, 7) is 6.79. The van der Waals surface area contributed by atoms with Crippen molar-refractivity contribution in [3.63, 3.8) is 0 Å². The third-order valence-electron chi connectivity index (χ3n) is 2.51. The lowest BCUT2D eigenvalue weighted by atomic mass is 10.2. The molecule has 0 fully saturated rings. The minimum Gasteiger partial charge on any atom is -0.542 e. The molecule has 1 radical (unpaired) electrons. The molecule has 1 aromatic carbocycles. The normalized spacial score (nSPS) is 10.5. The molecule has 0 aliphatic rings. The summed E-state index contributed by atoms with van der Waals surface area (Å²) >= 11 is 0. The highest BCUT2D eigenvalue weighted by Crippen LogP contribution is 2.21. The minimum atomic E-state index is -0.815. The van der Waals surface area contributed by atoms with Crippen LogP contribution >= 0.6 is 0 Å². The Kier molecular flexibility index (Phi) is 6.66. The van der Waals surface area contributed by atoms with Gasteiger partial charge in [0.05, 0.1) is 0 Å². The van der Waals surface area contributed by atoms with Crippen LogP contribution in [-0.2, 0) is 4.74 Å². The van der Waals surface area contributed by atoms with Crippen LogP contribution in [0.4, 0.5) is 0 Å². The second-order valence-electron chi connectivity index (χ2n) is 3.88. The first-order valence-corrected chi connectivity index (χ1v) is 7.87. The summed E-state index contributed by atoms with van der Waals surface area (Å²) in [5, 5.41) is 0. The van der Waals surface area contributed by atoms with E-state index in [1.807, 2.05) is 30.3 Å². The highest BCUT2D eigenvalue weighted by atomic mass is 28.3. The lowest BCUT2D eigenvalue weighted by Gasteiger charge is -2.17. The summed E-state index contributed by atoms with van der Waals surface area (Å²) in [5.41, 5.74) is 1.07. The first kappa shape index (κ1) is 14.0. The maximum Gasteiger partial charge on any atom is 0.283 e. The maximum atomic E-state index is 6.13. The van der Waals surface area contributed by atoms with Gasteiger partial charge < -0.3 is 9.16 Å². The quantitative estimate of drug-likeness (QED) is 0.653. The van der Waals surface area contributed by atoms with Crippen molar-refractivity contribution in [1.29, 1.82) is 0 Å². The van der Waals surface area contributed by atoms with Gasteiger partial charge in [-0.15, -0.1) is 0 Å². The molecule has 0 unspecified atom stereocenters. The Bertz CT molecular complexity index is 339. The lowest BCUT2D eigenvalue weighted by molar-refractivity contribution is 0.212. The van der Waals surface area contributed by atoms with Gasteiger partial charge in [-0.05, 0) is 12.1 Å². The van der Waals surface area contributed by atoms with E-state index >= 15 is 0 Å². The molecule has 3 heteroatoms. The molecule has 0 aromatic heterocycles. The molecular formula is C14H21O2Si. The summed E-state index contributed by atoms with van der Waals surface area (Å²) < 4.78 is 11.3. The van der Waals surface area contributed by atoms with Gasteiger partial charge in [0, 0.05) is 25.3 Å². The van der Waals surface area contributed by atoms with E-state index in [0.29, 0.717) is 0 Å². The van der Waals surface area contributed by atoms with E-state index < -0.39 is 9.04 Å². The lowest BCUT2D eigenvalue weighted by Crippen LogP contribution is -2.23. The number of hydrogen-bond donors (Lipinski definition) is 0. The Labute approximate surface area is 106 Å². The van der Waals surface area contributed by atoms with Crippen LogP contribution in [-0.4, -0.2) is 22.8 Å². The smallest absolute Gasteiger partial charge is 0.283 e. The van der Waals surface area contributed by atoms with Gasteiger partial charge in [0.1, 0.15) is 5.75 Å². The third-order valence-corrected chi connectivity index (χ3v) is 4.84. The molecule has 0 atom stereocenters. The van der Waals surface area contributed by atoms with Gasteiger partial charge >= 0.3 is 0 Å². The molecule has 2 nitrogen and oxygen atoms in total. The molecule has 0 bridgehead atoms. The number of ether oxygens (including phenoxy) is 1. The SMILES string of the molecule is C=Cc1ccccc1O[Si](CCC)CCOC. The fourth-order valence-electron chi connectivity index (χ4n) is 1.62. The maximum absolute atomic E-state index is 6.13. The van der Waals surface area contributed by atoms with E-state index in [2.05, 4.69) is 13.5 Å². The van der Waals surface area contributed by atoms with E-state index in [9.17, 15) is 0 Å². The van der Waals surface area contributed by atoms with Crippen molar-refractivity contribution in [1.82, 2.24) is 0 Å². The fraction of sp³-hybridized carbons (Fsp3) is 0.429. The van der Waals surface area contributed by atoms with Crippen LogP contribution in [0.25, 0.3) is 6.08 Å². The fourth-order valence-corrected chi connectivity index (χ4v) is 3.56. The Morgan fingerprint density at radius 2 is 2.06 bits per heavy atom. The Balaban J connectivity index is 2.67. The summed E-state index contributed by atoms with van der Waals surface area (Å²) in [6, 6.07) is 10.2. The molecule has 1 aromatic rings. The summed E-state index contributed by atoms with van der Waals surface area (Å²) in [6.07, 6.45) is 3.01. The highest BCUT2D eigenvalue weighted by molar-refractivity contribution is 6.52. The van der Waals surface area contributed by atoms with Crippen LogP contribution in [0, 0.1) is 0 Å². The molecule has 0 aliphatic heterocycles.